The highest BCUT2D eigenvalue weighted by atomic mass is 32.1. The van der Waals surface area contributed by atoms with Crippen LogP contribution in [0.5, 0.6) is 0 Å². The summed E-state index contributed by atoms with van der Waals surface area (Å²) in [5.74, 6) is -0.884. The molecule has 2 aromatic carbocycles. The van der Waals surface area contributed by atoms with E-state index in [1.54, 1.807) is 41.6 Å². The van der Waals surface area contributed by atoms with E-state index < -0.39 is 0 Å². The lowest BCUT2D eigenvalue weighted by molar-refractivity contribution is -0.118. The highest BCUT2D eigenvalue weighted by Crippen LogP contribution is 2.30. The van der Waals surface area contributed by atoms with Gasteiger partial charge in [-0.3, -0.25) is 14.7 Å². The van der Waals surface area contributed by atoms with Crippen molar-refractivity contribution in [1.29, 1.82) is 0 Å². The minimum absolute atomic E-state index is 0.102. The van der Waals surface area contributed by atoms with Crippen molar-refractivity contribution >= 4 is 32.6 Å². The van der Waals surface area contributed by atoms with Gasteiger partial charge in [0.25, 0.3) is 0 Å². The van der Waals surface area contributed by atoms with Gasteiger partial charge in [0.05, 0.1) is 23.2 Å². The Morgan fingerprint density at radius 1 is 1.00 bits per heavy atom. The van der Waals surface area contributed by atoms with Gasteiger partial charge in [-0.1, -0.05) is 29.5 Å². The molecule has 0 saturated carbocycles. The maximum absolute atomic E-state index is 13.5. The third-order valence-corrected chi connectivity index (χ3v) is 5.24. The van der Waals surface area contributed by atoms with Crippen LogP contribution >= 0.6 is 11.3 Å². The van der Waals surface area contributed by atoms with Gasteiger partial charge in [0.2, 0.25) is 5.91 Å². The minimum Gasteiger partial charge on any atom is -0.283 e. The summed E-state index contributed by atoms with van der Waals surface area (Å²) >= 11 is 1.25. The van der Waals surface area contributed by atoms with E-state index in [9.17, 15) is 13.6 Å². The second kappa shape index (κ2) is 7.82. The molecular weight excluding hydrogens is 380 g/mol. The van der Waals surface area contributed by atoms with Gasteiger partial charge < -0.3 is 0 Å². The van der Waals surface area contributed by atoms with Gasteiger partial charge in [-0.05, 0) is 47.5 Å². The third-order valence-electron chi connectivity index (χ3n) is 4.20. The maximum atomic E-state index is 13.5. The number of benzene rings is 2. The molecule has 140 valence electrons. The van der Waals surface area contributed by atoms with Crippen molar-refractivity contribution in [2.75, 3.05) is 4.90 Å². The van der Waals surface area contributed by atoms with Crippen molar-refractivity contribution in [2.24, 2.45) is 0 Å². The summed E-state index contributed by atoms with van der Waals surface area (Å²) in [6.07, 6.45) is 3.45. The normalized spacial score (nSPS) is 10.9. The molecule has 2 heterocycles. The van der Waals surface area contributed by atoms with Crippen molar-refractivity contribution in [3.05, 3.63) is 89.8 Å². The molecule has 1 amide bonds. The van der Waals surface area contributed by atoms with Crippen LogP contribution in [0.1, 0.15) is 11.1 Å². The molecule has 4 aromatic rings. The molecule has 0 N–H and O–H groups in total. The van der Waals surface area contributed by atoms with Crippen molar-refractivity contribution < 1.29 is 13.6 Å². The Morgan fingerprint density at radius 2 is 1.79 bits per heavy atom. The Morgan fingerprint density at radius 3 is 2.54 bits per heavy atom. The lowest BCUT2D eigenvalue weighted by Crippen LogP contribution is -2.31. The Hall–Kier alpha value is -3.19. The zero-order valence-electron chi connectivity index (χ0n) is 14.7. The summed E-state index contributed by atoms with van der Waals surface area (Å²) in [6.45, 7) is 0.288. The number of pyridine rings is 1. The molecule has 0 radical (unpaired) electrons. The first-order valence-corrected chi connectivity index (χ1v) is 9.40. The van der Waals surface area contributed by atoms with Crippen LogP contribution in [0.3, 0.4) is 0 Å². The van der Waals surface area contributed by atoms with E-state index in [0.29, 0.717) is 20.9 Å². The summed E-state index contributed by atoms with van der Waals surface area (Å²) in [6, 6.07) is 13.8. The monoisotopic (exact) mass is 395 g/mol. The molecule has 28 heavy (non-hydrogen) atoms. The van der Waals surface area contributed by atoms with Crippen LogP contribution in [0.4, 0.5) is 13.9 Å². The van der Waals surface area contributed by atoms with Crippen LogP contribution in [0, 0.1) is 11.6 Å². The first-order valence-electron chi connectivity index (χ1n) is 8.58. The number of anilines is 1. The molecule has 0 spiro atoms. The molecule has 0 aliphatic carbocycles. The van der Waals surface area contributed by atoms with Crippen molar-refractivity contribution in [3.8, 4) is 0 Å². The topological polar surface area (TPSA) is 46.1 Å². The molecule has 4 nitrogen and oxygen atoms in total. The van der Waals surface area contributed by atoms with E-state index in [4.69, 9.17) is 0 Å². The van der Waals surface area contributed by atoms with Crippen molar-refractivity contribution in [3.63, 3.8) is 0 Å². The number of rotatable bonds is 5. The lowest BCUT2D eigenvalue weighted by atomic mass is 10.1. The van der Waals surface area contributed by atoms with Crippen LogP contribution in [0.15, 0.2) is 67.0 Å². The van der Waals surface area contributed by atoms with Gasteiger partial charge in [-0.15, -0.1) is 0 Å². The average molecular weight is 395 g/mol. The number of nitrogens with zero attached hydrogens (tertiary/aromatic N) is 3. The van der Waals surface area contributed by atoms with Gasteiger partial charge in [0.1, 0.15) is 11.6 Å². The van der Waals surface area contributed by atoms with Crippen LogP contribution in [-0.2, 0) is 17.8 Å². The number of thiazole rings is 1. The first kappa shape index (κ1) is 18.2. The Labute approximate surface area is 164 Å². The van der Waals surface area contributed by atoms with E-state index in [2.05, 4.69) is 9.97 Å². The number of hydrogen-bond acceptors (Lipinski definition) is 4. The molecule has 0 aliphatic heterocycles. The number of carbonyl (C=O) groups is 1. The smallest absolute Gasteiger partial charge is 0.233 e. The van der Waals surface area contributed by atoms with E-state index in [1.807, 2.05) is 6.07 Å². The van der Waals surface area contributed by atoms with Crippen LogP contribution in [-0.4, -0.2) is 15.9 Å². The lowest BCUT2D eigenvalue weighted by Gasteiger charge is -2.20. The Bertz CT molecular complexity index is 1110. The van der Waals surface area contributed by atoms with Gasteiger partial charge >= 0.3 is 0 Å². The summed E-state index contributed by atoms with van der Waals surface area (Å²) in [5, 5.41) is 0.483. The fraction of sp³-hybridized carbons (Fsp3) is 0.0952. The summed E-state index contributed by atoms with van der Waals surface area (Å²) in [7, 11) is 0. The largest absolute Gasteiger partial charge is 0.283 e. The molecule has 7 heteroatoms. The predicted octanol–water partition coefficient (Wildman–Crippen LogP) is 4.75. The fourth-order valence-electron chi connectivity index (χ4n) is 2.81. The number of fused-ring (bicyclic) bond motifs is 1. The second-order valence-electron chi connectivity index (χ2n) is 6.25. The number of amides is 1. The molecular formula is C21H15F2N3OS. The molecule has 0 aliphatic rings. The van der Waals surface area contributed by atoms with Crippen LogP contribution in [0.25, 0.3) is 10.2 Å². The summed E-state index contributed by atoms with van der Waals surface area (Å²) < 4.78 is 27.3. The van der Waals surface area contributed by atoms with E-state index in [1.165, 1.54) is 35.6 Å². The van der Waals surface area contributed by atoms with Crippen LogP contribution < -0.4 is 4.90 Å². The van der Waals surface area contributed by atoms with Crippen molar-refractivity contribution in [1.82, 2.24) is 9.97 Å². The third kappa shape index (κ3) is 4.04. The minimum atomic E-state index is -0.350. The van der Waals surface area contributed by atoms with Gasteiger partial charge in [-0.25, -0.2) is 13.8 Å². The molecule has 0 bridgehead atoms. The van der Waals surface area contributed by atoms with E-state index in [0.717, 1.165) is 5.56 Å². The number of aromatic nitrogens is 2. The Kier molecular flexibility index (Phi) is 5.08. The summed E-state index contributed by atoms with van der Waals surface area (Å²) in [4.78, 5) is 23.2. The standard InChI is InChI=1S/C21H15F2N3OS/c22-16-5-3-14(4-6-16)10-20(27)26(13-15-2-1-9-24-12-15)21-25-18-8-7-17(23)11-19(18)28-21/h1-9,11-12H,10,13H2. The van der Waals surface area contributed by atoms with Gasteiger partial charge in [-0.2, -0.15) is 0 Å². The molecule has 0 unspecified atom stereocenters. The first-order chi connectivity index (χ1) is 13.6. The summed E-state index contributed by atoms with van der Waals surface area (Å²) in [5.41, 5.74) is 2.18. The molecule has 0 fully saturated rings. The predicted molar refractivity (Wildman–Crippen MR) is 105 cm³/mol. The molecule has 2 aromatic heterocycles. The highest BCUT2D eigenvalue weighted by Gasteiger charge is 2.21. The Balaban J connectivity index is 1.67. The zero-order valence-corrected chi connectivity index (χ0v) is 15.5. The maximum Gasteiger partial charge on any atom is 0.233 e. The van der Waals surface area contributed by atoms with Crippen molar-refractivity contribution in [2.45, 2.75) is 13.0 Å². The van der Waals surface area contributed by atoms with Gasteiger partial charge in [0, 0.05) is 12.4 Å². The highest BCUT2D eigenvalue weighted by molar-refractivity contribution is 7.22. The quantitative estimate of drug-likeness (QED) is 0.490. The van der Waals surface area contributed by atoms with E-state index in [-0.39, 0.29) is 30.5 Å². The molecule has 4 rings (SSSR count). The number of carbonyl (C=O) groups excluding carboxylic acids is 1. The van der Waals surface area contributed by atoms with Gasteiger partial charge in [0.15, 0.2) is 5.13 Å². The number of halogens is 2. The molecule has 0 atom stereocenters. The zero-order chi connectivity index (χ0) is 19.5. The second-order valence-corrected chi connectivity index (χ2v) is 7.26. The van der Waals surface area contributed by atoms with E-state index >= 15 is 0 Å². The average Bonchev–Trinajstić information content (AvgIpc) is 3.11. The number of hydrogen-bond donors (Lipinski definition) is 0. The molecule has 0 saturated heterocycles. The SMILES string of the molecule is O=C(Cc1ccc(F)cc1)N(Cc1cccnc1)c1nc2ccc(F)cc2s1. The van der Waals surface area contributed by atoms with Crippen LogP contribution in [0.2, 0.25) is 0 Å². The fourth-order valence-corrected chi connectivity index (χ4v) is 3.82.